The molecule has 0 radical (unpaired) electrons. The summed E-state index contributed by atoms with van der Waals surface area (Å²) >= 11 is 0. The molecule has 1 aliphatic rings. The molecule has 1 aromatic rings. The minimum Gasteiger partial charge on any atom is -0.368 e. The van der Waals surface area contributed by atoms with Gasteiger partial charge in [-0.2, -0.15) is 0 Å². The van der Waals surface area contributed by atoms with Crippen LogP contribution in [0.4, 0.5) is 5.82 Å². The van der Waals surface area contributed by atoms with E-state index in [1.165, 1.54) is 17.7 Å². The topological polar surface area (TPSA) is 42.4 Å². The zero-order valence-electron chi connectivity index (χ0n) is 10.1. The second-order valence-corrected chi connectivity index (χ2v) is 4.36. The number of amides is 1. The Morgan fingerprint density at radius 1 is 1.47 bits per heavy atom. The van der Waals surface area contributed by atoms with Crippen LogP contribution in [0.3, 0.4) is 0 Å². The first kappa shape index (κ1) is 12.0. The van der Waals surface area contributed by atoms with E-state index >= 15 is 0 Å². The van der Waals surface area contributed by atoms with E-state index in [9.17, 15) is 4.79 Å². The van der Waals surface area contributed by atoms with Crippen molar-refractivity contribution in [3.63, 3.8) is 0 Å². The lowest BCUT2D eigenvalue weighted by molar-refractivity contribution is -0.124. The number of aromatic nitrogens is 1. The van der Waals surface area contributed by atoms with Crippen molar-refractivity contribution in [1.82, 2.24) is 4.98 Å². The van der Waals surface area contributed by atoms with Gasteiger partial charge in [0.05, 0.1) is 6.10 Å². The minimum absolute atomic E-state index is 0.0457. The van der Waals surface area contributed by atoms with Crippen molar-refractivity contribution in [2.24, 2.45) is 0 Å². The molecule has 1 heterocycles. The number of anilines is 1. The van der Waals surface area contributed by atoms with Gasteiger partial charge in [-0.25, -0.2) is 4.98 Å². The largest absolute Gasteiger partial charge is 0.368 e. The summed E-state index contributed by atoms with van der Waals surface area (Å²) in [6, 6.07) is 5.51. The second-order valence-electron chi connectivity index (χ2n) is 4.36. The van der Waals surface area contributed by atoms with Crippen LogP contribution in [0.1, 0.15) is 25.7 Å². The molecule has 0 N–H and O–H groups in total. The van der Waals surface area contributed by atoms with Gasteiger partial charge in [0.25, 0.3) is 5.91 Å². The predicted molar refractivity (Wildman–Crippen MR) is 65.9 cm³/mol. The summed E-state index contributed by atoms with van der Waals surface area (Å²) in [5, 5.41) is 0. The van der Waals surface area contributed by atoms with E-state index in [4.69, 9.17) is 4.74 Å². The molecule has 0 saturated heterocycles. The van der Waals surface area contributed by atoms with E-state index in [0.717, 1.165) is 12.8 Å². The van der Waals surface area contributed by atoms with Crippen LogP contribution >= 0.6 is 0 Å². The Balaban J connectivity index is 1.83. The van der Waals surface area contributed by atoms with Gasteiger partial charge in [-0.15, -0.1) is 0 Å². The number of nitrogens with zero attached hydrogens (tertiary/aromatic N) is 2. The first-order chi connectivity index (χ1) is 8.27. The van der Waals surface area contributed by atoms with E-state index in [0.29, 0.717) is 5.82 Å². The standard InChI is InChI=1S/C13H18N2O2/c1-15(12-8-4-5-9-14-12)13(16)10-17-11-6-2-3-7-11/h4-5,8-9,11H,2-3,6-7,10H2,1H3. The van der Waals surface area contributed by atoms with Crippen molar-refractivity contribution in [1.29, 1.82) is 0 Å². The highest BCUT2D eigenvalue weighted by Gasteiger charge is 2.18. The molecule has 17 heavy (non-hydrogen) atoms. The highest BCUT2D eigenvalue weighted by Crippen LogP contribution is 2.20. The Labute approximate surface area is 102 Å². The average Bonchev–Trinajstić information content (AvgIpc) is 2.89. The Hall–Kier alpha value is -1.42. The molecule has 4 nitrogen and oxygen atoms in total. The van der Waals surface area contributed by atoms with Crippen molar-refractivity contribution >= 4 is 11.7 Å². The molecule has 0 atom stereocenters. The third-order valence-corrected chi connectivity index (χ3v) is 3.11. The number of carbonyl (C=O) groups excluding carboxylic acids is 1. The first-order valence-corrected chi connectivity index (χ1v) is 6.06. The number of hydrogen-bond donors (Lipinski definition) is 0. The maximum atomic E-state index is 11.9. The molecule has 4 heteroatoms. The number of likely N-dealkylation sites (N-methyl/N-ethyl adjacent to an activating group) is 1. The van der Waals surface area contributed by atoms with Gasteiger partial charge in [0.2, 0.25) is 0 Å². The molecule has 0 aromatic carbocycles. The molecule has 0 unspecified atom stereocenters. The van der Waals surface area contributed by atoms with Gasteiger partial charge < -0.3 is 4.74 Å². The van der Waals surface area contributed by atoms with Crippen LogP contribution in [-0.4, -0.2) is 30.6 Å². The number of hydrogen-bond acceptors (Lipinski definition) is 3. The number of carbonyl (C=O) groups is 1. The van der Waals surface area contributed by atoms with E-state index < -0.39 is 0 Å². The summed E-state index contributed by atoms with van der Waals surface area (Å²) in [7, 11) is 1.72. The number of pyridine rings is 1. The Kier molecular flexibility index (Phi) is 4.09. The van der Waals surface area contributed by atoms with Crippen molar-refractivity contribution in [3.05, 3.63) is 24.4 Å². The first-order valence-electron chi connectivity index (χ1n) is 6.06. The van der Waals surface area contributed by atoms with Crippen molar-refractivity contribution in [2.45, 2.75) is 31.8 Å². The fourth-order valence-electron chi connectivity index (χ4n) is 2.02. The quantitative estimate of drug-likeness (QED) is 0.800. The summed E-state index contributed by atoms with van der Waals surface area (Å²) in [6.07, 6.45) is 6.55. The molecule has 1 saturated carbocycles. The third-order valence-electron chi connectivity index (χ3n) is 3.11. The fraction of sp³-hybridized carbons (Fsp3) is 0.538. The summed E-state index contributed by atoms with van der Waals surface area (Å²) in [6.45, 7) is 0.151. The zero-order chi connectivity index (χ0) is 12.1. The van der Waals surface area contributed by atoms with Gasteiger partial charge in [-0.1, -0.05) is 18.9 Å². The normalized spacial score (nSPS) is 16.1. The van der Waals surface area contributed by atoms with E-state index in [1.54, 1.807) is 13.2 Å². The molecule has 1 amide bonds. The molecule has 1 aliphatic carbocycles. The van der Waals surface area contributed by atoms with Crippen LogP contribution in [0.15, 0.2) is 24.4 Å². The van der Waals surface area contributed by atoms with Gasteiger partial charge in [-0.3, -0.25) is 9.69 Å². The maximum absolute atomic E-state index is 11.9. The number of ether oxygens (including phenoxy) is 1. The van der Waals surface area contributed by atoms with E-state index in [1.807, 2.05) is 18.2 Å². The van der Waals surface area contributed by atoms with Crippen molar-refractivity contribution in [2.75, 3.05) is 18.6 Å². The molecule has 1 aromatic heterocycles. The average molecular weight is 234 g/mol. The summed E-state index contributed by atoms with van der Waals surface area (Å²) in [5.74, 6) is 0.614. The van der Waals surface area contributed by atoms with Crippen LogP contribution in [-0.2, 0) is 9.53 Å². The van der Waals surface area contributed by atoms with Gasteiger partial charge in [0, 0.05) is 13.2 Å². The lowest BCUT2D eigenvalue weighted by Gasteiger charge is -2.17. The van der Waals surface area contributed by atoms with Gasteiger partial charge in [0.1, 0.15) is 12.4 Å². The molecule has 2 rings (SSSR count). The lowest BCUT2D eigenvalue weighted by atomic mass is 10.3. The minimum atomic E-state index is -0.0457. The monoisotopic (exact) mass is 234 g/mol. The summed E-state index contributed by atoms with van der Waals surface area (Å²) in [4.78, 5) is 17.5. The Bertz CT molecular complexity index is 361. The fourth-order valence-corrected chi connectivity index (χ4v) is 2.02. The molecular formula is C13H18N2O2. The molecule has 0 aliphatic heterocycles. The molecule has 0 bridgehead atoms. The number of rotatable bonds is 4. The van der Waals surface area contributed by atoms with Crippen LogP contribution in [0.5, 0.6) is 0 Å². The van der Waals surface area contributed by atoms with Crippen molar-refractivity contribution < 1.29 is 9.53 Å². The molecule has 0 spiro atoms. The molecule has 92 valence electrons. The summed E-state index contributed by atoms with van der Waals surface area (Å²) < 4.78 is 5.59. The van der Waals surface area contributed by atoms with Crippen molar-refractivity contribution in [3.8, 4) is 0 Å². The second kappa shape index (κ2) is 5.77. The van der Waals surface area contributed by atoms with E-state index in [2.05, 4.69) is 4.98 Å². The highest BCUT2D eigenvalue weighted by atomic mass is 16.5. The van der Waals surface area contributed by atoms with Gasteiger partial charge >= 0.3 is 0 Å². The Morgan fingerprint density at radius 2 is 2.24 bits per heavy atom. The SMILES string of the molecule is CN(C(=O)COC1CCCC1)c1ccccn1. The maximum Gasteiger partial charge on any atom is 0.253 e. The van der Waals surface area contributed by atoms with E-state index in [-0.39, 0.29) is 18.6 Å². The molecule has 1 fully saturated rings. The third kappa shape index (κ3) is 3.27. The molecular weight excluding hydrogens is 216 g/mol. The van der Waals surface area contributed by atoms with Crippen LogP contribution < -0.4 is 4.90 Å². The smallest absolute Gasteiger partial charge is 0.253 e. The van der Waals surface area contributed by atoms with Crippen LogP contribution in [0, 0.1) is 0 Å². The zero-order valence-corrected chi connectivity index (χ0v) is 10.1. The lowest BCUT2D eigenvalue weighted by Crippen LogP contribution is -2.32. The van der Waals surface area contributed by atoms with Crippen LogP contribution in [0.2, 0.25) is 0 Å². The predicted octanol–water partition coefficient (Wildman–Crippen LogP) is 2.00. The Morgan fingerprint density at radius 3 is 2.88 bits per heavy atom. The van der Waals surface area contributed by atoms with Crippen LogP contribution in [0.25, 0.3) is 0 Å². The van der Waals surface area contributed by atoms with Gasteiger partial charge in [0.15, 0.2) is 0 Å². The highest BCUT2D eigenvalue weighted by molar-refractivity contribution is 5.92. The summed E-state index contributed by atoms with van der Waals surface area (Å²) in [5.41, 5.74) is 0. The van der Waals surface area contributed by atoms with Gasteiger partial charge in [-0.05, 0) is 25.0 Å².